The maximum absolute atomic E-state index is 13.8. The van der Waals surface area contributed by atoms with Crippen LogP contribution in [0.4, 0.5) is 13.2 Å². The highest BCUT2D eigenvalue weighted by molar-refractivity contribution is 5.31. The molecule has 4 heteroatoms. The molecule has 0 heterocycles. The lowest BCUT2D eigenvalue weighted by atomic mass is 9.76. The number of hydrogen-bond donors (Lipinski definition) is 1. The van der Waals surface area contributed by atoms with E-state index in [1.165, 1.54) is 0 Å². The van der Waals surface area contributed by atoms with Crippen molar-refractivity contribution in [3.8, 4) is 0 Å². The normalized spacial score (nSPS) is 13.3. The summed E-state index contributed by atoms with van der Waals surface area (Å²) in [5.41, 5.74) is -0.318. The van der Waals surface area contributed by atoms with Crippen molar-refractivity contribution < 1.29 is 18.3 Å². The van der Waals surface area contributed by atoms with E-state index in [0.29, 0.717) is 0 Å². The van der Waals surface area contributed by atoms with Crippen molar-refractivity contribution in [1.82, 2.24) is 0 Å². The van der Waals surface area contributed by atoms with E-state index in [9.17, 15) is 18.3 Å². The van der Waals surface area contributed by atoms with Crippen LogP contribution >= 0.6 is 0 Å². The van der Waals surface area contributed by atoms with Gasteiger partial charge in [0, 0.05) is 11.0 Å². The molecule has 1 atom stereocenters. The molecule has 2 aromatic carbocycles. The minimum absolute atomic E-state index is 0.252. The molecule has 0 saturated heterocycles. The topological polar surface area (TPSA) is 20.2 Å². The molecule has 1 nitrogen and oxygen atoms in total. The standard InChI is InChI=1S/C16H15F3O/c1-16(2,10-6-4-3-5-7-10)15(20)11-8-9-12(17)14(19)13(11)18/h3-9,15,20H,1-2H3. The van der Waals surface area contributed by atoms with Gasteiger partial charge >= 0.3 is 0 Å². The molecule has 0 aliphatic rings. The van der Waals surface area contributed by atoms with Gasteiger partial charge in [0.05, 0.1) is 6.10 Å². The van der Waals surface area contributed by atoms with E-state index in [4.69, 9.17) is 0 Å². The Bertz CT molecular complexity index is 609. The summed E-state index contributed by atoms with van der Waals surface area (Å²) in [6, 6.07) is 10.9. The molecule has 0 fully saturated rings. The van der Waals surface area contributed by atoms with Crippen LogP contribution in [0.25, 0.3) is 0 Å². The van der Waals surface area contributed by atoms with Gasteiger partial charge in [-0.3, -0.25) is 0 Å². The number of aliphatic hydroxyl groups is 1. The first-order chi connectivity index (χ1) is 9.35. The van der Waals surface area contributed by atoms with Crippen molar-refractivity contribution in [2.24, 2.45) is 0 Å². The molecule has 0 aliphatic heterocycles. The average Bonchev–Trinajstić information content (AvgIpc) is 2.45. The van der Waals surface area contributed by atoms with Gasteiger partial charge in [-0.05, 0) is 11.6 Å². The highest BCUT2D eigenvalue weighted by Crippen LogP contribution is 2.38. The van der Waals surface area contributed by atoms with E-state index >= 15 is 0 Å². The largest absolute Gasteiger partial charge is 0.387 e. The van der Waals surface area contributed by atoms with E-state index in [2.05, 4.69) is 0 Å². The first-order valence-electron chi connectivity index (χ1n) is 6.22. The molecule has 0 aromatic heterocycles. The van der Waals surface area contributed by atoms with Gasteiger partial charge in [-0.2, -0.15) is 0 Å². The third-order valence-corrected chi connectivity index (χ3v) is 3.56. The number of hydrogen-bond acceptors (Lipinski definition) is 1. The number of benzene rings is 2. The molecule has 0 spiro atoms. The zero-order valence-corrected chi connectivity index (χ0v) is 11.2. The van der Waals surface area contributed by atoms with Crippen LogP contribution in [0.15, 0.2) is 42.5 Å². The lowest BCUT2D eigenvalue weighted by Gasteiger charge is -2.31. The summed E-state index contributed by atoms with van der Waals surface area (Å²) in [7, 11) is 0. The van der Waals surface area contributed by atoms with Gasteiger partial charge < -0.3 is 5.11 Å². The van der Waals surface area contributed by atoms with Gasteiger partial charge in [0.25, 0.3) is 0 Å². The van der Waals surface area contributed by atoms with Gasteiger partial charge in [-0.25, -0.2) is 13.2 Å². The third kappa shape index (κ3) is 2.43. The van der Waals surface area contributed by atoms with Crippen molar-refractivity contribution in [1.29, 1.82) is 0 Å². The molecule has 0 saturated carbocycles. The molecule has 1 unspecified atom stereocenters. The molecule has 20 heavy (non-hydrogen) atoms. The number of aliphatic hydroxyl groups excluding tert-OH is 1. The lowest BCUT2D eigenvalue weighted by molar-refractivity contribution is 0.0955. The van der Waals surface area contributed by atoms with Crippen LogP contribution in [0.1, 0.15) is 31.1 Å². The number of halogens is 3. The summed E-state index contributed by atoms with van der Waals surface area (Å²) in [5.74, 6) is -4.18. The fraction of sp³-hybridized carbons (Fsp3) is 0.250. The second-order valence-electron chi connectivity index (χ2n) is 5.25. The van der Waals surface area contributed by atoms with Crippen LogP contribution in [0.2, 0.25) is 0 Å². The smallest absolute Gasteiger partial charge is 0.194 e. The summed E-state index contributed by atoms with van der Waals surface area (Å²) in [4.78, 5) is 0. The van der Waals surface area contributed by atoms with E-state index in [1.807, 2.05) is 6.07 Å². The predicted octanol–water partition coefficient (Wildman–Crippen LogP) is 4.12. The summed E-state index contributed by atoms with van der Waals surface area (Å²) < 4.78 is 40.0. The SMILES string of the molecule is CC(C)(c1ccccc1)C(O)c1ccc(F)c(F)c1F. The van der Waals surface area contributed by atoms with Crippen LogP contribution in [0.5, 0.6) is 0 Å². The first-order valence-corrected chi connectivity index (χ1v) is 6.22. The Balaban J connectivity index is 2.46. The molecular formula is C16H15F3O. The second kappa shape index (κ2) is 5.29. The van der Waals surface area contributed by atoms with Gasteiger partial charge in [-0.15, -0.1) is 0 Å². The van der Waals surface area contributed by atoms with Crippen molar-refractivity contribution in [3.63, 3.8) is 0 Å². The highest BCUT2D eigenvalue weighted by atomic mass is 19.2. The van der Waals surface area contributed by atoms with Crippen molar-refractivity contribution in [2.45, 2.75) is 25.4 Å². The Morgan fingerprint density at radius 2 is 1.50 bits per heavy atom. The molecular weight excluding hydrogens is 265 g/mol. The van der Waals surface area contributed by atoms with Crippen LogP contribution in [-0.2, 0) is 5.41 Å². The van der Waals surface area contributed by atoms with E-state index < -0.39 is 29.0 Å². The number of rotatable bonds is 3. The Labute approximate surface area is 115 Å². The van der Waals surface area contributed by atoms with Gasteiger partial charge in [0.1, 0.15) is 0 Å². The first kappa shape index (κ1) is 14.6. The van der Waals surface area contributed by atoms with Crippen molar-refractivity contribution >= 4 is 0 Å². The fourth-order valence-electron chi connectivity index (χ4n) is 2.17. The Morgan fingerprint density at radius 1 is 0.900 bits per heavy atom. The zero-order valence-electron chi connectivity index (χ0n) is 11.2. The highest BCUT2D eigenvalue weighted by Gasteiger charge is 2.33. The third-order valence-electron chi connectivity index (χ3n) is 3.56. The Kier molecular flexibility index (Phi) is 3.86. The average molecular weight is 280 g/mol. The zero-order chi connectivity index (χ0) is 14.9. The van der Waals surface area contributed by atoms with E-state index in [0.717, 1.165) is 17.7 Å². The molecule has 0 amide bonds. The Morgan fingerprint density at radius 3 is 2.10 bits per heavy atom. The summed E-state index contributed by atoms with van der Waals surface area (Å²) in [6.45, 7) is 3.43. The minimum Gasteiger partial charge on any atom is -0.387 e. The summed E-state index contributed by atoms with van der Waals surface area (Å²) >= 11 is 0. The van der Waals surface area contributed by atoms with E-state index in [1.54, 1.807) is 38.1 Å². The van der Waals surface area contributed by atoms with E-state index in [-0.39, 0.29) is 5.56 Å². The van der Waals surface area contributed by atoms with Crippen LogP contribution in [0, 0.1) is 17.5 Å². The molecule has 0 aliphatic carbocycles. The second-order valence-corrected chi connectivity index (χ2v) is 5.25. The summed E-state index contributed by atoms with van der Waals surface area (Å²) in [5, 5.41) is 10.4. The van der Waals surface area contributed by atoms with Crippen molar-refractivity contribution in [3.05, 3.63) is 71.0 Å². The quantitative estimate of drug-likeness (QED) is 0.839. The summed E-state index contributed by atoms with van der Waals surface area (Å²) in [6.07, 6.45) is -1.29. The molecule has 2 rings (SSSR count). The van der Waals surface area contributed by atoms with Crippen molar-refractivity contribution in [2.75, 3.05) is 0 Å². The van der Waals surface area contributed by atoms with Crippen LogP contribution in [0.3, 0.4) is 0 Å². The van der Waals surface area contributed by atoms with Gasteiger partial charge in [0.15, 0.2) is 17.5 Å². The molecule has 1 N–H and O–H groups in total. The molecule has 0 radical (unpaired) electrons. The van der Waals surface area contributed by atoms with Gasteiger partial charge in [-0.1, -0.05) is 50.2 Å². The predicted molar refractivity (Wildman–Crippen MR) is 70.7 cm³/mol. The monoisotopic (exact) mass is 280 g/mol. The molecule has 0 bridgehead atoms. The minimum atomic E-state index is -1.56. The van der Waals surface area contributed by atoms with Gasteiger partial charge in [0.2, 0.25) is 0 Å². The lowest BCUT2D eigenvalue weighted by Crippen LogP contribution is -2.27. The van der Waals surface area contributed by atoms with Crippen LogP contribution in [-0.4, -0.2) is 5.11 Å². The maximum atomic E-state index is 13.8. The maximum Gasteiger partial charge on any atom is 0.194 e. The fourth-order valence-corrected chi connectivity index (χ4v) is 2.17. The molecule has 2 aromatic rings. The molecule has 106 valence electrons. The Hall–Kier alpha value is -1.81. The van der Waals surface area contributed by atoms with Crippen LogP contribution < -0.4 is 0 Å².